The smallest absolute Gasteiger partial charge is 0.264 e. The summed E-state index contributed by atoms with van der Waals surface area (Å²) in [6, 6.07) is 30.4. The molecule has 0 aromatic heterocycles. The SMILES string of the molecule is Cc1cccc(CN(C(=O)CN(c2cc(C)cc(C)c2)S(=O)(=O)c2ccccc2)[C@H](Cc2ccccc2)C(=O)NC2CCCCC2)c1. The Morgan fingerprint density at radius 3 is 2.00 bits per heavy atom. The largest absolute Gasteiger partial charge is 0.352 e. The number of carbonyl (C=O) groups is 2. The summed E-state index contributed by atoms with van der Waals surface area (Å²) in [6.07, 6.45) is 5.38. The maximum Gasteiger partial charge on any atom is 0.264 e. The van der Waals surface area contributed by atoms with Crippen molar-refractivity contribution in [3.05, 3.63) is 131 Å². The number of rotatable bonds is 12. The molecule has 0 spiro atoms. The molecule has 5 rings (SSSR count). The summed E-state index contributed by atoms with van der Waals surface area (Å²) in [5, 5.41) is 3.26. The number of nitrogens with zero attached hydrogens (tertiary/aromatic N) is 2. The van der Waals surface area contributed by atoms with Crippen LogP contribution in [0.1, 0.15) is 59.9 Å². The molecule has 1 N–H and O–H groups in total. The molecule has 0 unspecified atom stereocenters. The van der Waals surface area contributed by atoms with Gasteiger partial charge in [-0.3, -0.25) is 13.9 Å². The quantitative estimate of drug-likeness (QED) is 0.181. The van der Waals surface area contributed by atoms with E-state index in [9.17, 15) is 18.0 Å². The van der Waals surface area contributed by atoms with Crippen molar-refractivity contribution in [1.82, 2.24) is 10.2 Å². The maximum absolute atomic E-state index is 14.7. The number of hydrogen-bond donors (Lipinski definition) is 1. The van der Waals surface area contributed by atoms with Crippen LogP contribution in [0.2, 0.25) is 0 Å². The second-order valence-corrected chi connectivity index (χ2v) is 14.6. The molecule has 7 nitrogen and oxygen atoms in total. The lowest BCUT2D eigenvalue weighted by Crippen LogP contribution is -2.55. The van der Waals surface area contributed by atoms with Gasteiger partial charge in [0.25, 0.3) is 10.0 Å². The second kappa shape index (κ2) is 15.4. The minimum Gasteiger partial charge on any atom is -0.352 e. The minimum atomic E-state index is -4.14. The molecule has 1 atom stereocenters. The van der Waals surface area contributed by atoms with Crippen molar-refractivity contribution in [2.24, 2.45) is 0 Å². The predicted octanol–water partition coefficient (Wildman–Crippen LogP) is 6.90. The van der Waals surface area contributed by atoms with E-state index >= 15 is 0 Å². The molecule has 4 aromatic carbocycles. The van der Waals surface area contributed by atoms with Crippen molar-refractivity contribution in [3.63, 3.8) is 0 Å². The van der Waals surface area contributed by atoms with Crippen molar-refractivity contribution in [2.45, 2.75) is 82.8 Å². The molecular weight excluding hydrogens is 607 g/mol. The van der Waals surface area contributed by atoms with Crippen LogP contribution in [0.3, 0.4) is 0 Å². The number of anilines is 1. The van der Waals surface area contributed by atoms with Gasteiger partial charge >= 0.3 is 0 Å². The van der Waals surface area contributed by atoms with E-state index in [0.717, 1.165) is 59.9 Å². The Kier molecular flexibility index (Phi) is 11.1. The summed E-state index contributed by atoms with van der Waals surface area (Å²) in [4.78, 5) is 30.6. The van der Waals surface area contributed by atoms with E-state index in [4.69, 9.17) is 0 Å². The molecule has 4 aromatic rings. The van der Waals surface area contributed by atoms with Crippen LogP contribution in [-0.2, 0) is 32.6 Å². The van der Waals surface area contributed by atoms with E-state index in [1.54, 1.807) is 35.2 Å². The topological polar surface area (TPSA) is 86.8 Å². The van der Waals surface area contributed by atoms with Gasteiger partial charge in [-0.05, 0) is 80.1 Å². The molecule has 1 aliphatic carbocycles. The van der Waals surface area contributed by atoms with Crippen molar-refractivity contribution >= 4 is 27.5 Å². The first-order chi connectivity index (χ1) is 22.6. The summed E-state index contributed by atoms with van der Waals surface area (Å²) >= 11 is 0. The van der Waals surface area contributed by atoms with Gasteiger partial charge in [-0.15, -0.1) is 0 Å². The van der Waals surface area contributed by atoms with Crippen molar-refractivity contribution in [3.8, 4) is 0 Å². The van der Waals surface area contributed by atoms with Crippen molar-refractivity contribution in [2.75, 3.05) is 10.8 Å². The summed E-state index contributed by atoms with van der Waals surface area (Å²) in [6.45, 7) is 5.49. The van der Waals surface area contributed by atoms with Crippen LogP contribution in [0.15, 0.2) is 108 Å². The van der Waals surface area contributed by atoms with Crippen LogP contribution in [0.5, 0.6) is 0 Å². The molecule has 8 heteroatoms. The number of nitrogens with one attached hydrogen (secondary N) is 1. The lowest BCUT2D eigenvalue weighted by Gasteiger charge is -2.35. The average Bonchev–Trinajstić information content (AvgIpc) is 3.06. The average molecular weight is 652 g/mol. The highest BCUT2D eigenvalue weighted by Gasteiger charge is 2.35. The highest BCUT2D eigenvalue weighted by atomic mass is 32.2. The van der Waals surface area contributed by atoms with E-state index in [-0.39, 0.29) is 23.4 Å². The first-order valence-electron chi connectivity index (χ1n) is 16.5. The fraction of sp³-hybridized carbons (Fsp3) is 0.333. The summed E-state index contributed by atoms with van der Waals surface area (Å²) < 4.78 is 29.7. The van der Waals surface area contributed by atoms with Crippen LogP contribution < -0.4 is 9.62 Å². The van der Waals surface area contributed by atoms with Gasteiger partial charge < -0.3 is 10.2 Å². The van der Waals surface area contributed by atoms with Crippen molar-refractivity contribution in [1.29, 1.82) is 0 Å². The lowest BCUT2D eigenvalue weighted by molar-refractivity contribution is -0.140. The standard InChI is InChI=1S/C39H45N3O4S/c1-29-14-13-17-33(23-29)27-41(37(26-32-15-7-4-8-16-32)39(44)40-34-18-9-5-10-19-34)38(43)28-42(35-24-30(2)22-31(3)25-35)47(45,46)36-20-11-6-12-21-36/h4,6-8,11-17,20-25,34,37H,5,9-10,18-19,26-28H2,1-3H3,(H,40,44)/t37-/m1/s1. The second-order valence-electron chi connectivity index (χ2n) is 12.7. The van der Waals surface area contributed by atoms with Crippen LogP contribution in [0, 0.1) is 20.8 Å². The number of amides is 2. The molecule has 1 aliphatic rings. The predicted molar refractivity (Wildman–Crippen MR) is 188 cm³/mol. The van der Waals surface area contributed by atoms with Gasteiger partial charge in [0.05, 0.1) is 10.6 Å². The molecule has 0 radical (unpaired) electrons. The van der Waals surface area contributed by atoms with E-state index in [1.165, 1.54) is 16.4 Å². The van der Waals surface area contributed by atoms with Crippen LogP contribution in [-0.4, -0.2) is 43.8 Å². The van der Waals surface area contributed by atoms with E-state index in [1.807, 2.05) is 81.4 Å². The normalized spacial score (nSPS) is 14.3. The Labute approximate surface area is 279 Å². The zero-order chi connectivity index (χ0) is 33.4. The van der Waals surface area contributed by atoms with Gasteiger partial charge in [0.1, 0.15) is 12.6 Å². The molecule has 47 heavy (non-hydrogen) atoms. The monoisotopic (exact) mass is 651 g/mol. The third-order valence-corrected chi connectivity index (χ3v) is 10.6. The highest BCUT2D eigenvalue weighted by molar-refractivity contribution is 7.92. The zero-order valence-corrected chi connectivity index (χ0v) is 28.4. The highest BCUT2D eigenvalue weighted by Crippen LogP contribution is 2.27. The minimum absolute atomic E-state index is 0.0515. The van der Waals surface area contributed by atoms with Gasteiger partial charge in [0, 0.05) is 19.0 Å². The zero-order valence-electron chi connectivity index (χ0n) is 27.6. The van der Waals surface area contributed by atoms with Crippen LogP contribution in [0.4, 0.5) is 5.69 Å². The number of aryl methyl sites for hydroxylation is 3. The van der Waals surface area contributed by atoms with Gasteiger partial charge in [0.2, 0.25) is 11.8 Å². The van der Waals surface area contributed by atoms with E-state index in [0.29, 0.717) is 12.1 Å². The molecule has 0 heterocycles. The number of carbonyl (C=O) groups excluding carboxylic acids is 2. The summed E-state index contributed by atoms with van der Waals surface area (Å²) in [5.74, 6) is -0.671. The number of hydrogen-bond acceptors (Lipinski definition) is 4. The lowest BCUT2D eigenvalue weighted by atomic mass is 9.94. The van der Waals surface area contributed by atoms with Gasteiger partial charge in [-0.2, -0.15) is 0 Å². The Morgan fingerprint density at radius 2 is 1.36 bits per heavy atom. The molecule has 1 fully saturated rings. The summed E-state index contributed by atoms with van der Waals surface area (Å²) in [7, 11) is -4.14. The number of benzene rings is 4. The Bertz CT molecular complexity index is 1750. The Morgan fingerprint density at radius 1 is 0.745 bits per heavy atom. The van der Waals surface area contributed by atoms with Crippen molar-refractivity contribution < 1.29 is 18.0 Å². The number of sulfonamides is 1. The fourth-order valence-corrected chi connectivity index (χ4v) is 7.87. The van der Waals surface area contributed by atoms with Gasteiger partial charge in [-0.25, -0.2) is 8.42 Å². The fourth-order valence-electron chi connectivity index (χ4n) is 6.45. The third kappa shape index (κ3) is 8.89. The van der Waals surface area contributed by atoms with Gasteiger partial charge in [0.15, 0.2) is 0 Å². The van der Waals surface area contributed by atoms with Crippen LogP contribution >= 0.6 is 0 Å². The van der Waals surface area contributed by atoms with Crippen LogP contribution in [0.25, 0.3) is 0 Å². The first-order valence-corrected chi connectivity index (χ1v) is 17.9. The van der Waals surface area contributed by atoms with E-state index < -0.39 is 28.5 Å². The first kappa shape index (κ1) is 33.9. The maximum atomic E-state index is 14.7. The molecule has 0 aliphatic heterocycles. The summed E-state index contributed by atoms with van der Waals surface area (Å²) in [5.41, 5.74) is 4.98. The molecule has 246 valence electrons. The Hall–Kier alpha value is -4.43. The molecule has 2 amide bonds. The Balaban J connectivity index is 1.58. The van der Waals surface area contributed by atoms with Gasteiger partial charge in [-0.1, -0.05) is 104 Å². The van der Waals surface area contributed by atoms with E-state index in [2.05, 4.69) is 5.32 Å². The third-order valence-electron chi connectivity index (χ3n) is 8.76. The molecule has 1 saturated carbocycles. The molecular formula is C39H45N3O4S. The molecule has 0 bridgehead atoms. The molecule has 0 saturated heterocycles.